The number of nitrogens with zero attached hydrogens (tertiary/aromatic N) is 4. The summed E-state index contributed by atoms with van der Waals surface area (Å²) in [5, 5.41) is 3.14. The maximum Gasteiger partial charge on any atom is 0.417 e. The predicted molar refractivity (Wildman–Crippen MR) is 98.4 cm³/mol. The van der Waals surface area contributed by atoms with Crippen molar-refractivity contribution < 1.29 is 19.1 Å². The van der Waals surface area contributed by atoms with E-state index in [-0.39, 0.29) is 6.61 Å². The second-order valence-electron chi connectivity index (χ2n) is 6.41. The molecule has 2 atom stereocenters. The van der Waals surface area contributed by atoms with Gasteiger partial charge in [0, 0.05) is 4.91 Å². The zero-order valence-electron chi connectivity index (χ0n) is 14.6. The van der Waals surface area contributed by atoms with Crippen molar-refractivity contribution in [3.63, 3.8) is 0 Å². The molecule has 1 aliphatic carbocycles. The molecule has 8 heteroatoms. The molecule has 0 bridgehead atoms. The number of hydrogen-bond acceptors (Lipinski definition) is 4. The molecule has 8 nitrogen and oxygen atoms in total. The first-order valence-electron chi connectivity index (χ1n) is 8.53. The zero-order chi connectivity index (χ0) is 19.7. The Kier molecular flexibility index (Phi) is 4.18. The zero-order valence-corrected chi connectivity index (χ0v) is 14.6. The Bertz CT molecular complexity index is 1040. The number of cyclic esters (lactones) is 1. The summed E-state index contributed by atoms with van der Waals surface area (Å²) >= 11 is 0. The largest absolute Gasteiger partial charge is 0.446 e. The van der Waals surface area contributed by atoms with Gasteiger partial charge in [-0.25, -0.2) is 9.69 Å². The molecule has 2 aliphatic rings. The number of carbonyl (C=O) groups is 3. The van der Waals surface area contributed by atoms with Gasteiger partial charge in [-0.05, 0) is 27.3 Å². The molecule has 0 unspecified atom stereocenters. The third-order valence-corrected chi connectivity index (χ3v) is 4.87. The van der Waals surface area contributed by atoms with Crippen LogP contribution in [0, 0.1) is 5.41 Å². The fraction of sp³-hybridized carbons (Fsp3) is 0.150. The van der Waals surface area contributed by atoms with Gasteiger partial charge in [-0.3, -0.25) is 9.59 Å². The standard InChI is InChI=1S/C20H14N4O4/c21-23-22-17(25)20(11-15(20)13-7-3-1-4-8-13)18(26)24-16(12-28-19(24)27)14-9-5-2-6-10-14/h1-11,16H,12H2/t16-,20+/m1/s1. The fourth-order valence-corrected chi connectivity index (χ4v) is 3.43. The van der Waals surface area contributed by atoms with Crippen LogP contribution in [-0.4, -0.2) is 29.4 Å². The van der Waals surface area contributed by atoms with Crippen LogP contribution in [0.4, 0.5) is 4.79 Å². The topological polar surface area (TPSA) is 112 Å². The first-order chi connectivity index (χ1) is 13.6. The highest BCUT2D eigenvalue weighted by atomic mass is 16.6. The van der Waals surface area contributed by atoms with E-state index in [1.54, 1.807) is 54.6 Å². The summed E-state index contributed by atoms with van der Waals surface area (Å²) in [6.45, 7) is -0.0129. The molecule has 2 aromatic rings. The van der Waals surface area contributed by atoms with E-state index in [2.05, 4.69) is 10.0 Å². The van der Waals surface area contributed by atoms with Gasteiger partial charge in [-0.15, -0.1) is 0 Å². The average Bonchev–Trinajstić information content (AvgIpc) is 3.38. The van der Waals surface area contributed by atoms with Crippen molar-refractivity contribution in [2.24, 2.45) is 10.5 Å². The van der Waals surface area contributed by atoms with Gasteiger partial charge in [0.25, 0.3) is 5.91 Å². The minimum atomic E-state index is -1.79. The Morgan fingerprint density at radius 1 is 1.11 bits per heavy atom. The average molecular weight is 374 g/mol. The second kappa shape index (κ2) is 6.68. The molecule has 4 rings (SSSR count). The van der Waals surface area contributed by atoms with Crippen molar-refractivity contribution in [2.75, 3.05) is 6.61 Å². The molecule has 28 heavy (non-hydrogen) atoms. The van der Waals surface area contributed by atoms with E-state index in [0.29, 0.717) is 16.7 Å². The maximum absolute atomic E-state index is 13.4. The second-order valence-corrected chi connectivity index (χ2v) is 6.41. The molecule has 3 amide bonds. The van der Waals surface area contributed by atoms with Gasteiger partial charge in [0.1, 0.15) is 12.6 Å². The SMILES string of the molecule is [N-]=[N+]=NC(=O)[C@]1(C(=O)N2C(=O)OC[C@@H]2c2ccccc2)C=C1c1ccccc1. The van der Waals surface area contributed by atoms with Gasteiger partial charge in [-0.1, -0.05) is 66.7 Å². The van der Waals surface area contributed by atoms with Crippen molar-refractivity contribution in [3.8, 4) is 0 Å². The minimum absolute atomic E-state index is 0.0129. The Labute approximate surface area is 159 Å². The molecule has 2 aromatic carbocycles. The molecule has 1 aliphatic heterocycles. The van der Waals surface area contributed by atoms with E-state index in [0.717, 1.165) is 4.90 Å². The van der Waals surface area contributed by atoms with Crippen LogP contribution in [0.25, 0.3) is 16.0 Å². The number of imide groups is 1. The van der Waals surface area contributed by atoms with Crippen LogP contribution in [0.5, 0.6) is 0 Å². The van der Waals surface area contributed by atoms with Gasteiger partial charge in [0.2, 0.25) is 5.91 Å². The van der Waals surface area contributed by atoms with Crippen LogP contribution in [-0.2, 0) is 14.3 Å². The van der Waals surface area contributed by atoms with Crippen LogP contribution in [0.15, 0.2) is 71.9 Å². The van der Waals surface area contributed by atoms with Crippen molar-refractivity contribution in [1.82, 2.24) is 4.90 Å². The van der Waals surface area contributed by atoms with Crippen LogP contribution in [0.1, 0.15) is 17.2 Å². The summed E-state index contributed by atoms with van der Waals surface area (Å²) in [4.78, 5) is 41.8. The molecular formula is C20H14N4O4. The Balaban J connectivity index is 1.73. The van der Waals surface area contributed by atoms with Gasteiger partial charge in [0.05, 0.1) is 0 Å². The molecule has 0 saturated carbocycles. The molecule has 1 heterocycles. The van der Waals surface area contributed by atoms with Crippen LogP contribution in [0.2, 0.25) is 0 Å². The lowest BCUT2D eigenvalue weighted by Crippen LogP contribution is -2.43. The van der Waals surface area contributed by atoms with E-state index in [1.807, 2.05) is 6.07 Å². The van der Waals surface area contributed by atoms with Crippen molar-refractivity contribution >= 4 is 23.5 Å². The smallest absolute Gasteiger partial charge is 0.417 e. The Hall–Kier alpha value is -3.90. The number of rotatable bonds is 4. The molecule has 1 fully saturated rings. The quantitative estimate of drug-likeness (QED) is 0.352. The van der Waals surface area contributed by atoms with E-state index < -0.39 is 29.4 Å². The highest BCUT2D eigenvalue weighted by Gasteiger charge is 2.61. The third kappa shape index (κ3) is 2.64. The molecule has 0 aromatic heterocycles. The number of benzene rings is 2. The molecule has 0 radical (unpaired) electrons. The van der Waals surface area contributed by atoms with E-state index in [1.165, 1.54) is 6.08 Å². The highest BCUT2D eigenvalue weighted by Crippen LogP contribution is 2.54. The lowest BCUT2D eigenvalue weighted by atomic mass is 9.92. The van der Waals surface area contributed by atoms with Gasteiger partial charge in [0.15, 0.2) is 5.41 Å². The summed E-state index contributed by atoms with van der Waals surface area (Å²) in [7, 11) is 0. The maximum atomic E-state index is 13.4. The van der Waals surface area contributed by atoms with Crippen LogP contribution < -0.4 is 0 Å². The summed E-state index contributed by atoms with van der Waals surface area (Å²) < 4.78 is 5.09. The number of amides is 3. The normalized spacial score (nSPS) is 22.7. The fourth-order valence-electron chi connectivity index (χ4n) is 3.43. The number of ether oxygens (including phenoxy) is 1. The number of azide groups is 1. The number of hydrogen-bond donors (Lipinski definition) is 0. The summed E-state index contributed by atoms with van der Waals surface area (Å²) in [6, 6.07) is 17.1. The lowest BCUT2D eigenvalue weighted by molar-refractivity contribution is -0.139. The molecule has 0 N–H and O–H groups in total. The lowest BCUT2D eigenvalue weighted by Gasteiger charge is -2.24. The van der Waals surface area contributed by atoms with Gasteiger partial charge >= 0.3 is 6.09 Å². The van der Waals surface area contributed by atoms with E-state index >= 15 is 0 Å². The van der Waals surface area contributed by atoms with E-state index in [9.17, 15) is 14.4 Å². The summed E-state index contributed by atoms with van der Waals surface area (Å²) in [5.74, 6) is -1.74. The van der Waals surface area contributed by atoms with Crippen LogP contribution >= 0.6 is 0 Å². The number of carbonyl (C=O) groups excluding carboxylic acids is 3. The first-order valence-corrected chi connectivity index (χ1v) is 8.53. The Morgan fingerprint density at radius 2 is 1.75 bits per heavy atom. The van der Waals surface area contributed by atoms with E-state index in [4.69, 9.17) is 10.3 Å². The van der Waals surface area contributed by atoms with Crippen LogP contribution in [0.3, 0.4) is 0 Å². The van der Waals surface area contributed by atoms with Crippen molar-refractivity contribution in [1.29, 1.82) is 0 Å². The predicted octanol–water partition coefficient (Wildman–Crippen LogP) is 3.63. The summed E-state index contributed by atoms with van der Waals surface area (Å²) in [6.07, 6.45) is 0.592. The molecule has 0 spiro atoms. The minimum Gasteiger partial charge on any atom is -0.446 e. The van der Waals surface area contributed by atoms with Gasteiger partial charge in [-0.2, -0.15) is 0 Å². The van der Waals surface area contributed by atoms with Crippen molar-refractivity contribution in [2.45, 2.75) is 6.04 Å². The molecule has 1 saturated heterocycles. The summed E-state index contributed by atoms with van der Waals surface area (Å²) in [5.41, 5.74) is 8.67. The first kappa shape index (κ1) is 17.5. The Morgan fingerprint density at radius 3 is 2.39 bits per heavy atom. The third-order valence-electron chi connectivity index (χ3n) is 4.87. The molecule has 138 valence electrons. The van der Waals surface area contributed by atoms with Gasteiger partial charge < -0.3 is 4.74 Å². The highest BCUT2D eigenvalue weighted by molar-refractivity contribution is 6.27. The molecular weight excluding hydrogens is 360 g/mol. The monoisotopic (exact) mass is 374 g/mol. The van der Waals surface area contributed by atoms with Crippen molar-refractivity contribution in [3.05, 3.63) is 88.3 Å².